The van der Waals surface area contributed by atoms with Crippen LogP contribution in [-0.4, -0.2) is 35.2 Å². The normalized spacial score (nSPS) is 13.8. The molecule has 114 valence electrons. The van der Waals surface area contributed by atoms with Gasteiger partial charge in [0.05, 0.1) is 5.92 Å². The molecule has 21 heavy (non-hydrogen) atoms. The second kappa shape index (κ2) is 6.47. The summed E-state index contributed by atoms with van der Waals surface area (Å²) >= 11 is 0. The van der Waals surface area contributed by atoms with Crippen molar-refractivity contribution in [2.75, 3.05) is 13.3 Å². The second-order valence-corrected chi connectivity index (χ2v) is 5.05. The van der Waals surface area contributed by atoms with Crippen molar-refractivity contribution in [2.45, 2.75) is 26.8 Å². The van der Waals surface area contributed by atoms with Gasteiger partial charge in [0.25, 0.3) is 0 Å². The highest BCUT2D eigenvalue weighted by Gasteiger charge is 2.21. The third kappa shape index (κ3) is 3.65. The Kier molecular flexibility index (Phi) is 4.67. The molecule has 0 bridgehead atoms. The van der Waals surface area contributed by atoms with E-state index in [2.05, 4.69) is 0 Å². The Balaban J connectivity index is 2.11. The van der Waals surface area contributed by atoms with Gasteiger partial charge in [-0.15, -0.1) is 0 Å². The number of carboxylic acid groups (broad SMARTS) is 1. The first-order valence-corrected chi connectivity index (χ1v) is 6.90. The Labute approximate surface area is 123 Å². The minimum Gasteiger partial charge on any atom is -0.481 e. The molecule has 6 nitrogen and oxygen atoms in total. The van der Waals surface area contributed by atoms with Gasteiger partial charge in [0.2, 0.25) is 12.7 Å². The number of rotatable bonds is 6. The van der Waals surface area contributed by atoms with Crippen LogP contribution in [0.25, 0.3) is 0 Å². The summed E-state index contributed by atoms with van der Waals surface area (Å²) in [6.45, 7) is 4.11. The van der Waals surface area contributed by atoms with Crippen LogP contribution in [-0.2, 0) is 16.1 Å². The highest BCUT2D eigenvalue weighted by molar-refractivity contribution is 5.77. The molecule has 1 atom stereocenters. The molecule has 6 heteroatoms. The van der Waals surface area contributed by atoms with Crippen LogP contribution in [0.3, 0.4) is 0 Å². The summed E-state index contributed by atoms with van der Waals surface area (Å²) in [6.07, 6.45) is 0.344. The Bertz CT molecular complexity index is 543. The van der Waals surface area contributed by atoms with Gasteiger partial charge >= 0.3 is 5.97 Å². The fourth-order valence-corrected chi connectivity index (χ4v) is 2.15. The molecule has 0 spiro atoms. The highest BCUT2D eigenvalue weighted by Crippen LogP contribution is 2.32. The van der Waals surface area contributed by atoms with Crippen LogP contribution < -0.4 is 9.47 Å². The zero-order valence-corrected chi connectivity index (χ0v) is 12.2. The minimum atomic E-state index is -0.908. The molecule has 1 aliphatic rings. The molecule has 1 amide bonds. The van der Waals surface area contributed by atoms with Crippen LogP contribution in [0.1, 0.15) is 25.8 Å². The number of hydrogen-bond acceptors (Lipinski definition) is 4. The number of fused-ring (bicyclic) bond motifs is 1. The number of benzene rings is 1. The van der Waals surface area contributed by atoms with E-state index in [-0.39, 0.29) is 19.2 Å². The molecule has 0 fully saturated rings. The molecule has 1 N–H and O–H groups in total. The summed E-state index contributed by atoms with van der Waals surface area (Å²) in [7, 11) is 0. The third-order valence-electron chi connectivity index (χ3n) is 3.38. The molecule has 1 aliphatic heterocycles. The molecular weight excluding hydrogens is 274 g/mol. The van der Waals surface area contributed by atoms with Gasteiger partial charge in [0.15, 0.2) is 11.5 Å². The lowest BCUT2D eigenvalue weighted by molar-refractivity contribution is -0.143. The van der Waals surface area contributed by atoms with Crippen molar-refractivity contribution in [3.63, 3.8) is 0 Å². The first kappa shape index (κ1) is 15.2. The van der Waals surface area contributed by atoms with E-state index in [1.807, 2.05) is 12.1 Å². The van der Waals surface area contributed by atoms with Crippen LogP contribution in [0.4, 0.5) is 0 Å². The monoisotopic (exact) mass is 293 g/mol. The molecule has 0 aliphatic carbocycles. The van der Waals surface area contributed by atoms with Crippen LogP contribution in [0, 0.1) is 5.92 Å². The van der Waals surface area contributed by atoms with Gasteiger partial charge in [-0.3, -0.25) is 9.59 Å². The second-order valence-electron chi connectivity index (χ2n) is 5.05. The molecule has 0 aromatic heterocycles. The molecule has 1 aromatic rings. The van der Waals surface area contributed by atoms with Crippen LogP contribution >= 0.6 is 0 Å². The number of aliphatic carboxylic acids is 1. The minimum absolute atomic E-state index is 0.0687. The van der Waals surface area contributed by atoms with Gasteiger partial charge in [0.1, 0.15) is 0 Å². The molecule has 0 radical (unpaired) electrons. The quantitative estimate of drug-likeness (QED) is 0.866. The number of ether oxygens (including phenoxy) is 2. The van der Waals surface area contributed by atoms with Gasteiger partial charge in [0, 0.05) is 19.5 Å². The Morgan fingerprint density at radius 3 is 2.71 bits per heavy atom. The van der Waals surface area contributed by atoms with E-state index >= 15 is 0 Å². The average molecular weight is 293 g/mol. The predicted molar refractivity (Wildman–Crippen MR) is 75.1 cm³/mol. The first-order valence-electron chi connectivity index (χ1n) is 6.90. The number of carbonyl (C=O) groups excluding carboxylic acids is 1. The molecule has 1 heterocycles. The van der Waals surface area contributed by atoms with Crippen LogP contribution in [0.15, 0.2) is 18.2 Å². The molecule has 2 rings (SSSR count). The molecule has 1 unspecified atom stereocenters. The summed E-state index contributed by atoms with van der Waals surface area (Å²) in [6, 6.07) is 5.48. The highest BCUT2D eigenvalue weighted by atomic mass is 16.7. The fraction of sp³-hybridized carbons (Fsp3) is 0.467. The van der Waals surface area contributed by atoms with Crippen molar-refractivity contribution >= 4 is 11.9 Å². The van der Waals surface area contributed by atoms with Crippen LogP contribution in [0.5, 0.6) is 11.5 Å². The maximum absolute atomic E-state index is 12.0. The Morgan fingerprint density at radius 2 is 2.05 bits per heavy atom. The topological polar surface area (TPSA) is 76.1 Å². The van der Waals surface area contributed by atoms with E-state index in [0.29, 0.717) is 24.5 Å². The largest absolute Gasteiger partial charge is 0.481 e. The molecular formula is C15H19NO5. The maximum atomic E-state index is 12.0. The van der Waals surface area contributed by atoms with Crippen molar-refractivity contribution in [2.24, 2.45) is 5.92 Å². The average Bonchev–Trinajstić information content (AvgIpc) is 2.93. The predicted octanol–water partition coefficient (Wildman–Crippen LogP) is 1.87. The summed E-state index contributed by atoms with van der Waals surface area (Å²) in [5, 5.41) is 9.00. The van der Waals surface area contributed by atoms with Crippen LogP contribution in [0.2, 0.25) is 0 Å². The van der Waals surface area contributed by atoms with Gasteiger partial charge in [-0.05, 0) is 17.7 Å². The fourth-order valence-electron chi connectivity index (χ4n) is 2.15. The Hall–Kier alpha value is -2.24. The van der Waals surface area contributed by atoms with Crippen molar-refractivity contribution in [3.8, 4) is 11.5 Å². The summed E-state index contributed by atoms with van der Waals surface area (Å²) in [5.74, 6) is -0.237. The van der Waals surface area contributed by atoms with Gasteiger partial charge in [-0.1, -0.05) is 19.9 Å². The van der Waals surface area contributed by atoms with Crippen molar-refractivity contribution < 1.29 is 24.2 Å². The summed E-state index contributed by atoms with van der Waals surface area (Å²) in [4.78, 5) is 24.5. The van der Waals surface area contributed by atoms with Crippen molar-refractivity contribution in [1.29, 1.82) is 0 Å². The maximum Gasteiger partial charge on any atom is 0.308 e. The Morgan fingerprint density at radius 1 is 1.33 bits per heavy atom. The van der Waals surface area contributed by atoms with Gasteiger partial charge < -0.3 is 19.5 Å². The van der Waals surface area contributed by atoms with E-state index in [4.69, 9.17) is 14.6 Å². The van der Waals surface area contributed by atoms with E-state index < -0.39 is 11.9 Å². The SMILES string of the molecule is CCC(=O)N(Cc1ccc2c(c1)OCO2)CC(C)C(=O)O. The van der Waals surface area contributed by atoms with E-state index in [1.54, 1.807) is 24.8 Å². The number of carboxylic acids is 1. The van der Waals surface area contributed by atoms with Gasteiger partial charge in [-0.25, -0.2) is 0 Å². The standard InChI is InChI=1S/C15H19NO5/c1-3-14(17)16(7-10(2)15(18)19)8-11-4-5-12-13(6-11)21-9-20-12/h4-6,10H,3,7-9H2,1-2H3,(H,18,19). The third-order valence-corrected chi connectivity index (χ3v) is 3.38. The number of hydrogen-bond donors (Lipinski definition) is 1. The zero-order chi connectivity index (χ0) is 15.4. The smallest absolute Gasteiger partial charge is 0.308 e. The van der Waals surface area contributed by atoms with Crippen molar-refractivity contribution in [1.82, 2.24) is 4.90 Å². The number of amides is 1. The lowest BCUT2D eigenvalue weighted by Crippen LogP contribution is -2.36. The number of carbonyl (C=O) groups is 2. The van der Waals surface area contributed by atoms with Gasteiger partial charge in [-0.2, -0.15) is 0 Å². The van der Waals surface area contributed by atoms with E-state index in [1.165, 1.54) is 0 Å². The lowest BCUT2D eigenvalue weighted by Gasteiger charge is -2.24. The van der Waals surface area contributed by atoms with Crippen molar-refractivity contribution in [3.05, 3.63) is 23.8 Å². The lowest BCUT2D eigenvalue weighted by atomic mass is 10.1. The first-order chi connectivity index (χ1) is 10.0. The molecule has 1 aromatic carbocycles. The molecule has 0 saturated heterocycles. The summed E-state index contributed by atoms with van der Waals surface area (Å²) < 4.78 is 10.5. The molecule has 0 saturated carbocycles. The van der Waals surface area contributed by atoms with E-state index in [9.17, 15) is 9.59 Å². The zero-order valence-electron chi connectivity index (χ0n) is 12.2. The summed E-state index contributed by atoms with van der Waals surface area (Å²) in [5.41, 5.74) is 0.888. The van der Waals surface area contributed by atoms with E-state index in [0.717, 1.165) is 5.56 Å². The number of nitrogens with zero attached hydrogens (tertiary/aromatic N) is 1.